The molecule has 0 saturated carbocycles. The normalized spacial score (nSPS) is 8.85. The lowest BCUT2D eigenvalue weighted by Gasteiger charge is -2.01. The number of nitrogens with two attached hydrogens (primary N) is 1. The Hall–Kier alpha value is -0.400. The number of hydrogen-bond acceptors (Lipinski definition) is 2. The molecule has 0 fully saturated rings. The summed E-state index contributed by atoms with van der Waals surface area (Å²) in [5.41, 5.74) is 2.19. The van der Waals surface area contributed by atoms with Crippen molar-refractivity contribution in [2.75, 3.05) is 0 Å². The first-order valence-corrected chi connectivity index (χ1v) is 4.19. The molecule has 13 heavy (non-hydrogen) atoms. The summed E-state index contributed by atoms with van der Waals surface area (Å²) in [5.74, 6) is 3.96. The summed E-state index contributed by atoms with van der Waals surface area (Å²) in [6.45, 7) is 0. The van der Waals surface area contributed by atoms with Gasteiger partial charge in [-0.2, -0.15) is 0 Å². The highest BCUT2D eigenvalue weighted by atomic mass is 127. The summed E-state index contributed by atoms with van der Waals surface area (Å²) in [5, 5.41) is 0. The van der Waals surface area contributed by atoms with Crippen LogP contribution in [0.4, 0.5) is 4.39 Å². The topological polar surface area (TPSA) is 55.1 Å². The van der Waals surface area contributed by atoms with Crippen LogP contribution >= 0.6 is 35.0 Å². The average molecular weight is 317 g/mol. The van der Waals surface area contributed by atoms with E-state index in [0.29, 0.717) is 3.57 Å². The van der Waals surface area contributed by atoms with Crippen molar-refractivity contribution in [1.29, 1.82) is 0 Å². The summed E-state index contributed by atoms with van der Waals surface area (Å²) >= 11 is 1.93. The predicted octanol–water partition coefficient (Wildman–Crippen LogP) is 1.46. The maximum absolute atomic E-state index is 12.6. The van der Waals surface area contributed by atoms with Crippen molar-refractivity contribution in [3.63, 3.8) is 0 Å². The number of carbonyl (C=O) groups excluding carboxylic acids is 1. The number of nitrogens with one attached hydrogen (secondary N) is 1. The van der Waals surface area contributed by atoms with Crippen molar-refractivity contribution in [3.05, 3.63) is 33.1 Å². The molecule has 0 aromatic heterocycles. The van der Waals surface area contributed by atoms with Gasteiger partial charge in [0.1, 0.15) is 5.82 Å². The second-order valence-corrected chi connectivity index (χ2v) is 3.26. The van der Waals surface area contributed by atoms with Gasteiger partial charge >= 0.3 is 0 Å². The quantitative estimate of drug-likeness (QED) is 0.357. The summed E-state index contributed by atoms with van der Waals surface area (Å²) in [4.78, 5) is 11.0. The van der Waals surface area contributed by atoms with Crippen molar-refractivity contribution in [2.24, 2.45) is 5.84 Å². The number of benzene rings is 1. The third kappa shape index (κ3) is 3.09. The molecule has 0 atom stereocenters. The number of hydrogen-bond donors (Lipinski definition) is 2. The van der Waals surface area contributed by atoms with Crippen LogP contribution in [0.15, 0.2) is 18.2 Å². The van der Waals surface area contributed by atoms with Crippen LogP contribution in [0.3, 0.4) is 0 Å². The standard InChI is InChI=1S/C7H6FIN2O.ClH/c8-4-1-2-6(9)5(3-4)7(12)11-10;/h1-3H,10H2,(H,11,12);1H. The van der Waals surface area contributed by atoms with Crippen LogP contribution in [0.25, 0.3) is 0 Å². The van der Waals surface area contributed by atoms with E-state index >= 15 is 0 Å². The van der Waals surface area contributed by atoms with E-state index in [-0.39, 0.29) is 18.0 Å². The molecule has 0 aliphatic heterocycles. The average Bonchev–Trinajstić information content (AvgIpc) is 2.08. The van der Waals surface area contributed by atoms with Gasteiger partial charge < -0.3 is 0 Å². The van der Waals surface area contributed by atoms with Crippen LogP contribution in [0.5, 0.6) is 0 Å². The zero-order chi connectivity index (χ0) is 9.14. The van der Waals surface area contributed by atoms with Gasteiger partial charge in [-0.25, -0.2) is 10.2 Å². The molecule has 72 valence electrons. The zero-order valence-corrected chi connectivity index (χ0v) is 9.36. The van der Waals surface area contributed by atoms with E-state index < -0.39 is 11.7 Å². The first-order valence-electron chi connectivity index (χ1n) is 3.11. The number of halogens is 3. The lowest BCUT2D eigenvalue weighted by Crippen LogP contribution is -2.30. The van der Waals surface area contributed by atoms with Gasteiger partial charge in [-0.3, -0.25) is 10.2 Å². The van der Waals surface area contributed by atoms with E-state index in [1.54, 1.807) is 0 Å². The van der Waals surface area contributed by atoms with Gasteiger partial charge in [-0.15, -0.1) is 12.4 Å². The molecule has 1 amide bonds. The van der Waals surface area contributed by atoms with Gasteiger partial charge in [0.05, 0.1) is 5.56 Å². The van der Waals surface area contributed by atoms with Gasteiger partial charge in [0.15, 0.2) is 0 Å². The van der Waals surface area contributed by atoms with Crippen molar-refractivity contribution in [1.82, 2.24) is 5.43 Å². The Kier molecular flexibility index (Phi) is 5.19. The number of nitrogen functional groups attached to an aromatic ring is 1. The predicted molar refractivity (Wildman–Crippen MR) is 58.0 cm³/mol. The zero-order valence-electron chi connectivity index (χ0n) is 6.38. The molecule has 0 saturated heterocycles. The summed E-state index contributed by atoms with van der Waals surface area (Å²) in [6.07, 6.45) is 0. The number of amides is 1. The molecule has 0 unspecified atom stereocenters. The highest BCUT2D eigenvalue weighted by Gasteiger charge is 2.08. The highest BCUT2D eigenvalue weighted by Crippen LogP contribution is 2.13. The van der Waals surface area contributed by atoms with Crippen LogP contribution in [-0.2, 0) is 0 Å². The van der Waals surface area contributed by atoms with Crippen molar-refractivity contribution >= 4 is 40.9 Å². The number of hydrazine groups is 1. The summed E-state index contributed by atoms with van der Waals surface area (Å²) in [6, 6.07) is 3.94. The maximum atomic E-state index is 12.6. The maximum Gasteiger partial charge on any atom is 0.266 e. The Morgan fingerprint density at radius 2 is 2.15 bits per heavy atom. The minimum Gasteiger partial charge on any atom is -0.290 e. The molecule has 3 N–H and O–H groups in total. The van der Waals surface area contributed by atoms with Crippen molar-refractivity contribution in [3.8, 4) is 0 Å². The van der Waals surface area contributed by atoms with Gasteiger partial charge in [0.2, 0.25) is 0 Å². The molecule has 0 radical (unpaired) electrons. The lowest BCUT2D eigenvalue weighted by molar-refractivity contribution is 0.0952. The van der Waals surface area contributed by atoms with Gasteiger partial charge in [-0.05, 0) is 40.8 Å². The van der Waals surface area contributed by atoms with Gasteiger partial charge in [0, 0.05) is 3.57 Å². The minimum absolute atomic E-state index is 0. The molecule has 1 rings (SSSR count). The second-order valence-electron chi connectivity index (χ2n) is 2.10. The fraction of sp³-hybridized carbons (Fsp3) is 0. The Labute approximate surface area is 94.4 Å². The van der Waals surface area contributed by atoms with Crippen molar-refractivity contribution < 1.29 is 9.18 Å². The monoisotopic (exact) mass is 316 g/mol. The van der Waals surface area contributed by atoms with Crippen LogP contribution in [0.2, 0.25) is 0 Å². The molecule has 0 spiro atoms. The summed E-state index contributed by atoms with van der Waals surface area (Å²) in [7, 11) is 0. The molecule has 0 heterocycles. The Morgan fingerprint density at radius 1 is 1.54 bits per heavy atom. The van der Waals surface area contributed by atoms with Crippen LogP contribution < -0.4 is 11.3 Å². The minimum atomic E-state index is -0.487. The number of rotatable bonds is 1. The molecule has 0 aliphatic rings. The molecular weight excluding hydrogens is 309 g/mol. The fourth-order valence-electron chi connectivity index (χ4n) is 0.749. The Balaban J connectivity index is 0.00000144. The van der Waals surface area contributed by atoms with Gasteiger partial charge in [-0.1, -0.05) is 0 Å². The SMILES string of the molecule is Cl.NNC(=O)c1cc(F)ccc1I. The fourth-order valence-corrected chi connectivity index (χ4v) is 1.33. The molecule has 1 aromatic carbocycles. The first-order chi connectivity index (χ1) is 5.65. The lowest BCUT2D eigenvalue weighted by atomic mass is 10.2. The third-order valence-corrected chi connectivity index (χ3v) is 2.24. The molecule has 0 bridgehead atoms. The van der Waals surface area contributed by atoms with Gasteiger partial charge in [0.25, 0.3) is 5.91 Å². The first kappa shape index (κ1) is 12.6. The van der Waals surface area contributed by atoms with Crippen LogP contribution in [0.1, 0.15) is 10.4 Å². The van der Waals surface area contributed by atoms with E-state index in [9.17, 15) is 9.18 Å². The largest absolute Gasteiger partial charge is 0.290 e. The molecule has 1 aromatic rings. The smallest absolute Gasteiger partial charge is 0.266 e. The van der Waals surface area contributed by atoms with E-state index in [2.05, 4.69) is 0 Å². The van der Waals surface area contributed by atoms with Crippen molar-refractivity contribution in [2.45, 2.75) is 0 Å². The molecular formula is C7H7ClFIN2O. The van der Waals surface area contributed by atoms with Crippen LogP contribution in [-0.4, -0.2) is 5.91 Å². The molecule has 0 aliphatic carbocycles. The Morgan fingerprint density at radius 3 is 2.69 bits per heavy atom. The summed E-state index contributed by atoms with van der Waals surface area (Å²) < 4.78 is 13.3. The number of carbonyl (C=O) groups is 1. The van der Waals surface area contributed by atoms with E-state index in [4.69, 9.17) is 5.84 Å². The third-order valence-electron chi connectivity index (χ3n) is 1.30. The van der Waals surface area contributed by atoms with E-state index in [1.165, 1.54) is 12.1 Å². The highest BCUT2D eigenvalue weighted by molar-refractivity contribution is 14.1. The Bertz CT molecular complexity index is 321. The van der Waals surface area contributed by atoms with Crippen LogP contribution in [0, 0.1) is 9.39 Å². The van der Waals surface area contributed by atoms with E-state index in [0.717, 1.165) is 6.07 Å². The molecule has 6 heteroatoms. The molecule has 3 nitrogen and oxygen atoms in total. The van der Waals surface area contributed by atoms with E-state index in [1.807, 2.05) is 28.0 Å². The second kappa shape index (κ2) is 5.36.